The lowest BCUT2D eigenvalue weighted by molar-refractivity contribution is 0.0731. The van der Waals surface area contributed by atoms with Gasteiger partial charge in [-0.1, -0.05) is 35.9 Å². The Morgan fingerprint density at radius 2 is 1.79 bits per heavy atom. The van der Waals surface area contributed by atoms with Crippen molar-refractivity contribution in [1.82, 2.24) is 19.6 Å². The summed E-state index contributed by atoms with van der Waals surface area (Å²) in [5, 5.41) is 4.92. The summed E-state index contributed by atoms with van der Waals surface area (Å²) in [4.78, 5) is 17.1. The summed E-state index contributed by atoms with van der Waals surface area (Å²) in [5.74, 6) is -0.523. The van der Waals surface area contributed by atoms with Crippen LogP contribution in [0.15, 0.2) is 54.7 Å². The highest BCUT2D eigenvalue weighted by molar-refractivity contribution is 6.30. The fourth-order valence-electron chi connectivity index (χ4n) is 3.04. The molecule has 0 bridgehead atoms. The number of aromatic nitrogens is 2. The van der Waals surface area contributed by atoms with Gasteiger partial charge in [0, 0.05) is 24.7 Å². The second kappa shape index (κ2) is 9.20. The van der Waals surface area contributed by atoms with Gasteiger partial charge in [-0.2, -0.15) is 5.10 Å². The van der Waals surface area contributed by atoms with Crippen LogP contribution in [0.25, 0.3) is 5.69 Å². The van der Waals surface area contributed by atoms with Crippen LogP contribution < -0.4 is 0 Å². The maximum absolute atomic E-state index is 14.2. The predicted octanol–water partition coefficient (Wildman–Crippen LogP) is 4.18. The van der Waals surface area contributed by atoms with E-state index in [2.05, 4.69) is 5.10 Å². The van der Waals surface area contributed by atoms with Crippen LogP contribution in [-0.4, -0.2) is 52.7 Å². The van der Waals surface area contributed by atoms with Crippen molar-refractivity contribution in [2.45, 2.75) is 13.5 Å². The third kappa shape index (κ3) is 5.02. The number of carbonyl (C=O) groups is 1. The van der Waals surface area contributed by atoms with Gasteiger partial charge in [-0.3, -0.25) is 4.79 Å². The van der Waals surface area contributed by atoms with Gasteiger partial charge < -0.3 is 9.80 Å². The SMILES string of the molecule is Cc1c(C(=O)N(CCN(C)C)Cc2ccc(Cl)cc2)cnn1-c1ccccc1F. The normalized spacial score (nSPS) is 11.1. The Balaban J connectivity index is 1.89. The number of carbonyl (C=O) groups excluding carboxylic acids is 1. The summed E-state index contributed by atoms with van der Waals surface area (Å²) in [6.07, 6.45) is 1.51. The topological polar surface area (TPSA) is 41.4 Å². The molecule has 0 aliphatic rings. The van der Waals surface area contributed by atoms with Crippen LogP contribution in [0.4, 0.5) is 4.39 Å². The molecule has 2 aromatic carbocycles. The second-order valence-electron chi connectivity index (χ2n) is 7.16. The highest BCUT2D eigenvalue weighted by atomic mass is 35.5. The maximum Gasteiger partial charge on any atom is 0.257 e. The minimum Gasteiger partial charge on any atom is -0.333 e. The molecule has 3 aromatic rings. The molecule has 0 saturated carbocycles. The lowest BCUT2D eigenvalue weighted by Crippen LogP contribution is -2.36. The number of halogens is 2. The Labute approximate surface area is 175 Å². The predicted molar refractivity (Wildman–Crippen MR) is 113 cm³/mol. The molecule has 0 aliphatic carbocycles. The van der Waals surface area contributed by atoms with Crippen LogP contribution in [0.5, 0.6) is 0 Å². The van der Waals surface area contributed by atoms with Gasteiger partial charge in [-0.25, -0.2) is 9.07 Å². The summed E-state index contributed by atoms with van der Waals surface area (Å²) >= 11 is 5.98. The van der Waals surface area contributed by atoms with Crippen LogP contribution in [-0.2, 0) is 6.54 Å². The van der Waals surface area contributed by atoms with Gasteiger partial charge in [-0.05, 0) is 50.8 Å². The van der Waals surface area contributed by atoms with Crippen LogP contribution in [0, 0.1) is 12.7 Å². The smallest absolute Gasteiger partial charge is 0.257 e. The number of likely N-dealkylation sites (N-methyl/N-ethyl adjacent to an activating group) is 1. The van der Waals surface area contributed by atoms with Crippen molar-refractivity contribution in [3.63, 3.8) is 0 Å². The number of rotatable bonds is 7. The minimum absolute atomic E-state index is 0.137. The van der Waals surface area contributed by atoms with E-state index in [1.54, 1.807) is 30.0 Å². The molecule has 1 amide bonds. The van der Waals surface area contributed by atoms with Crippen molar-refractivity contribution in [2.75, 3.05) is 27.2 Å². The third-order valence-electron chi connectivity index (χ3n) is 4.71. The van der Waals surface area contributed by atoms with Gasteiger partial charge in [0.15, 0.2) is 0 Å². The lowest BCUT2D eigenvalue weighted by atomic mass is 10.1. The first-order valence-corrected chi connectivity index (χ1v) is 9.72. The van der Waals surface area contributed by atoms with Crippen LogP contribution in [0.3, 0.4) is 0 Å². The minimum atomic E-state index is -0.386. The molecule has 7 heteroatoms. The van der Waals surface area contributed by atoms with Crippen LogP contribution in [0.1, 0.15) is 21.6 Å². The summed E-state index contributed by atoms with van der Waals surface area (Å²) in [6, 6.07) is 13.8. The summed E-state index contributed by atoms with van der Waals surface area (Å²) in [6.45, 7) is 3.51. The highest BCUT2D eigenvalue weighted by Gasteiger charge is 2.22. The fraction of sp³-hybridized carbons (Fsp3) is 0.273. The molecule has 5 nitrogen and oxygen atoms in total. The maximum atomic E-state index is 14.2. The zero-order valence-electron chi connectivity index (χ0n) is 16.8. The van der Waals surface area contributed by atoms with Crippen molar-refractivity contribution >= 4 is 17.5 Å². The van der Waals surface area contributed by atoms with Crippen molar-refractivity contribution in [2.24, 2.45) is 0 Å². The van der Waals surface area contributed by atoms with Crippen molar-refractivity contribution < 1.29 is 9.18 Å². The first-order valence-electron chi connectivity index (χ1n) is 9.35. The molecule has 3 rings (SSSR count). The monoisotopic (exact) mass is 414 g/mol. The molecule has 0 spiro atoms. The first kappa shape index (κ1) is 21.0. The number of para-hydroxylation sites is 1. The van der Waals surface area contributed by atoms with Crippen molar-refractivity contribution in [3.05, 3.63) is 82.4 Å². The third-order valence-corrected chi connectivity index (χ3v) is 4.96. The standard InChI is InChI=1S/C22H24ClFN4O/c1-16-19(14-25-28(16)21-7-5-4-6-20(21)24)22(29)27(13-12-26(2)3)15-17-8-10-18(23)11-9-17/h4-11,14H,12-13,15H2,1-3H3. The molecule has 0 fully saturated rings. The number of hydrogen-bond donors (Lipinski definition) is 0. The van der Waals surface area contributed by atoms with Gasteiger partial charge in [-0.15, -0.1) is 0 Å². The van der Waals surface area contributed by atoms with Gasteiger partial charge in [0.1, 0.15) is 11.5 Å². The Morgan fingerprint density at radius 1 is 1.10 bits per heavy atom. The summed E-state index contributed by atoms with van der Waals surface area (Å²) in [7, 11) is 3.93. The van der Waals surface area contributed by atoms with E-state index in [1.165, 1.54) is 16.9 Å². The van der Waals surface area contributed by atoms with E-state index in [1.807, 2.05) is 43.3 Å². The average molecular weight is 415 g/mol. The Morgan fingerprint density at radius 3 is 2.45 bits per heavy atom. The van der Waals surface area contributed by atoms with Crippen molar-refractivity contribution in [1.29, 1.82) is 0 Å². The number of nitrogens with zero attached hydrogens (tertiary/aromatic N) is 4. The number of benzene rings is 2. The molecular weight excluding hydrogens is 391 g/mol. The molecule has 0 aliphatic heterocycles. The highest BCUT2D eigenvalue weighted by Crippen LogP contribution is 2.20. The van der Waals surface area contributed by atoms with E-state index in [4.69, 9.17) is 11.6 Å². The van der Waals surface area contributed by atoms with E-state index in [0.29, 0.717) is 35.1 Å². The number of amides is 1. The molecule has 0 atom stereocenters. The second-order valence-corrected chi connectivity index (χ2v) is 7.60. The van der Waals surface area contributed by atoms with Gasteiger partial charge in [0.25, 0.3) is 5.91 Å². The average Bonchev–Trinajstić information content (AvgIpc) is 3.07. The molecule has 1 heterocycles. The quantitative estimate of drug-likeness (QED) is 0.582. The molecule has 152 valence electrons. The molecule has 0 saturated heterocycles. The lowest BCUT2D eigenvalue weighted by Gasteiger charge is -2.24. The zero-order valence-corrected chi connectivity index (χ0v) is 17.5. The summed E-state index contributed by atoms with van der Waals surface area (Å²) in [5.41, 5.74) is 2.37. The van der Waals surface area contributed by atoms with E-state index in [-0.39, 0.29) is 11.7 Å². The van der Waals surface area contributed by atoms with Crippen LogP contribution in [0.2, 0.25) is 5.02 Å². The molecule has 29 heavy (non-hydrogen) atoms. The molecule has 0 unspecified atom stereocenters. The summed E-state index contributed by atoms with van der Waals surface area (Å²) < 4.78 is 15.6. The van der Waals surface area contributed by atoms with E-state index < -0.39 is 0 Å². The van der Waals surface area contributed by atoms with Gasteiger partial charge in [0.2, 0.25) is 0 Å². The molecule has 1 aromatic heterocycles. The zero-order chi connectivity index (χ0) is 21.0. The van der Waals surface area contributed by atoms with Crippen LogP contribution >= 0.6 is 11.6 Å². The van der Waals surface area contributed by atoms with Gasteiger partial charge >= 0.3 is 0 Å². The fourth-order valence-corrected chi connectivity index (χ4v) is 3.17. The van der Waals surface area contributed by atoms with Crippen molar-refractivity contribution in [3.8, 4) is 5.69 Å². The molecule has 0 radical (unpaired) electrons. The largest absolute Gasteiger partial charge is 0.333 e. The number of hydrogen-bond acceptors (Lipinski definition) is 3. The Kier molecular flexibility index (Phi) is 6.67. The van der Waals surface area contributed by atoms with E-state index >= 15 is 0 Å². The van der Waals surface area contributed by atoms with E-state index in [0.717, 1.165) is 12.1 Å². The van der Waals surface area contributed by atoms with E-state index in [9.17, 15) is 9.18 Å². The van der Waals surface area contributed by atoms with Gasteiger partial charge in [0.05, 0.1) is 17.5 Å². The Hall–Kier alpha value is -2.70. The molecular formula is C22H24ClFN4O. The molecule has 0 N–H and O–H groups in total. The first-order chi connectivity index (χ1) is 13.9. The Bertz CT molecular complexity index is 985.